The first-order chi connectivity index (χ1) is 6.83. The van der Waals surface area contributed by atoms with Crippen molar-refractivity contribution in [3.8, 4) is 0 Å². The predicted molar refractivity (Wildman–Crippen MR) is 59.8 cm³/mol. The van der Waals surface area contributed by atoms with Gasteiger partial charge in [-0.1, -0.05) is 46.6 Å². The van der Waals surface area contributed by atoms with Crippen molar-refractivity contribution in [1.82, 2.24) is 4.90 Å². The molecule has 15 heavy (non-hydrogen) atoms. The molecule has 1 saturated heterocycles. The fourth-order valence-corrected chi connectivity index (χ4v) is 3.91. The van der Waals surface area contributed by atoms with E-state index in [0.717, 1.165) is 11.8 Å². The van der Waals surface area contributed by atoms with Gasteiger partial charge in [-0.15, -0.1) is 0 Å². The molecule has 0 aliphatic carbocycles. The lowest BCUT2D eigenvalue weighted by Gasteiger charge is -2.46. The van der Waals surface area contributed by atoms with E-state index >= 15 is 0 Å². The van der Waals surface area contributed by atoms with Crippen LogP contribution in [0.1, 0.15) is 6.92 Å². The Morgan fingerprint density at radius 2 is 2.13 bits per heavy atom. The van der Waals surface area contributed by atoms with Crippen molar-refractivity contribution in [3.63, 3.8) is 0 Å². The molecule has 0 aromatic carbocycles. The lowest BCUT2D eigenvalue weighted by Crippen LogP contribution is -2.67. The molecule has 0 aromatic rings. The van der Waals surface area contributed by atoms with E-state index in [1.807, 2.05) is 0 Å². The third-order valence-electron chi connectivity index (χ3n) is 2.17. The molecule has 1 amide bonds. The Morgan fingerprint density at radius 1 is 1.53 bits per heavy atom. The number of halogens is 3. The third-order valence-corrected chi connectivity index (χ3v) is 5.06. The molecule has 0 saturated carbocycles. The molecule has 0 aromatic heterocycles. The summed E-state index contributed by atoms with van der Waals surface area (Å²) in [6, 6.07) is 0. The second kappa shape index (κ2) is 3.15. The quantitative estimate of drug-likeness (QED) is 0.225. The highest BCUT2D eigenvalue weighted by atomic mass is 35.5. The molecular weight excluding hydrogens is 281 g/mol. The smallest absolute Gasteiger partial charge is 0.361 e. The van der Waals surface area contributed by atoms with E-state index in [2.05, 4.69) is 4.79 Å². The molecule has 1 fully saturated rings. The van der Waals surface area contributed by atoms with E-state index in [0.29, 0.717) is 5.57 Å². The SMILES string of the molecule is CC1=CN2C(=O)C(=[N+]=[N-])[C@@]2(Cl)SC1(Cl)Cl. The second-order valence-electron chi connectivity index (χ2n) is 3.12. The molecule has 0 bridgehead atoms. The van der Waals surface area contributed by atoms with E-state index < -0.39 is 13.9 Å². The molecule has 8 heteroatoms. The van der Waals surface area contributed by atoms with Gasteiger partial charge in [-0.25, -0.2) is 0 Å². The number of alkyl halides is 3. The first kappa shape index (κ1) is 11.3. The van der Waals surface area contributed by atoms with Crippen LogP contribution in [0.2, 0.25) is 0 Å². The van der Waals surface area contributed by atoms with Crippen molar-refractivity contribution >= 4 is 58.2 Å². The number of hydrogen-bond acceptors (Lipinski definition) is 2. The van der Waals surface area contributed by atoms with Crippen molar-refractivity contribution in [1.29, 1.82) is 0 Å². The normalized spacial score (nSPS) is 32.8. The number of rotatable bonds is 0. The zero-order valence-electron chi connectivity index (χ0n) is 7.37. The Bertz CT molecular complexity index is 443. The van der Waals surface area contributed by atoms with Crippen LogP contribution in [0.4, 0.5) is 0 Å². The Morgan fingerprint density at radius 3 is 2.67 bits per heavy atom. The average molecular weight is 285 g/mol. The van der Waals surface area contributed by atoms with Crippen molar-refractivity contribution in [2.75, 3.05) is 0 Å². The maximum absolute atomic E-state index is 11.4. The summed E-state index contributed by atoms with van der Waals surface area (Å²) in [5.74, 6) is -0.455. The van der Waals surface area contributed by atoms with Gasteiger partial charge in [0.15, 0.2) is 3.67 Å². The molecule has 0 spiro atoms. The monoisotopic (exact) mass is 283 g/mol. The molecule has 2 rings (SSSR count). The number of carbonyl (C=O) groups excluding carboxylic acids is 1. The molecule has 80 valence electrons. The lowest BCUT2D eigenvalue weighted by molar-refractivity contribution is -0.134. The second-order valence-corrected chi connectivity index (χ2v) is 7.07. The number of β-lactam (4-membered cyclic amide) rings is 1. The van der Waals surface area contributed by atoms with Crippen LogP contribution in [0.3, 0.4) is 0 Å². The fourth-order valence-electron chi connectivity index (χ4n) is 1.30. The van der Waals surface area contributed by atoms with Crippen LogP contribution in [0.5, 0.6) is 0 Å². The lowest BCUT2D eigenvalue weighted by atomic mass is 10.1. The van der Waals surface area contributed by atoms with Gasteiger partial charge < -0.3 is 5.53 Å². The minimum atomic E-state index is -1.30. The standard InChI is InChI=1S/C7H4Cl3N3OS/c1-3-2-13-5(14)4(12-11)7(13,10)15-6(3,8)9/h2H,1H3/t7-/m0/s1. The van der Waals surface area contributed by atoms with E-state index in [9.17, 15) is 4.79 Å². The zero-order valence-corrected chi connectivity index (χ0v) is 10.5. The Labute approximate surface area is 105 Å². The number of fused-ring (bicyclic) bond motifs is 1. The fraction of sp³-hybridized carbons (Fsp3) is 0.429. The minimum absolute atomic E-state index is 0.163. The van der Waals surface area contributed by atoms with Gasteiger partial charge >= 0.3 is 11.6 Å². The zero-order chi connectivity index (χ0) is 11.4. The van der Waals surface area contributed by atoms with Crippen molar-refractivity contribution < 1.29 is 9.58 Å². The minimum Gasteiger partial charge on any atom is -0.361 e. The number of hydrogen-bond donors (Lipinski definition) is 0. The molecule has 1 atom stereocenters. The van der Waals surface area contributed by atoms with Gasteiger partial charge in [0.2, 0.25) is 0 Å². The highest BCUT2D eigenvalue weighted by Gasteiger charge is 2.69. The predicted octanol–water partition coefficient (Wildman–Crippen LogP) is 2.17. The van der Waals surface area contributed by atoms with Gasteiger partial charge in [-0.05, 0) is 12.5 Å². The molecule has 4 nitrogen and oxygen atoms in total. The van der Waals surface area contributed by atoms with Crippen LogP contribution >= 0.6 is 46.6 Å². The Balaban J connectivity index is 2.51. The first-order valence-corrected chi connectivity index (χ1v) is 5.80. The van der Waals surface area contributed by atoms with Crippen LogP contribution in [0.25, 0.3) is 5.53 Å². The molecular formula is C7H4Cl3N3OS. The summed E-state index contributed by atoms with van der Waals surface area (Å²) in [7, 11) is 0. The molecule has 2 aliphatic rings. The van der Waals surface area contributed by atoms with Crippen molar-refractivity contribution in [3.05, 3.63) is 17.3 Å². The number of amides is 1. The van der Waals surface area contributed by atoms with Crippen LogP contribution in [0.15, 0.2) is 11.8 Å². The molecule has 0 radical (unpaired) electrons. The largest absolute Gasteiger partial charge is 0.408 e. The molecule has 2 aliphatic heterocycles. The van der Waals surface area contributed by atoms with Gasteiger partial charge in [-0.2, -0.15) is 4.79 Å². The number of nitrogens with zero attached hydrogens (tertiary/aromatic N) is 3. The van der Waals surface area contributed by atoms with Crippen LogP contribution in [-0.2, 0) is 4.79 Å². The summed E-state index contributed by atoms with van der Waals surface area (Å²) in [5.41, 5.74) is 9.06. The summed E-state index contributed by atoms with van der Waals surface area (Å²) < 4.78 is -2.52. The van der Waals surface area contributed by atoms with Crippen molar-refractivity contribution in [2.24, 2.45) is 0 Å². The highest BCUT2D eigenvalue weighted by Crippen LogP contribution is 2.58. The molecule has 0 N–H and O–H groups in total. The summed E-state index contributed by atoms with van der Waals surface area (Å²) in [4.78, 5) is 15.5. The maximum Gasteiger partial charge on any atom is 0.408 e. The van der Waals surface area contributed by atoms with Gasteiger partial charge in [0, 0.05) is 6.20 Å². The maximum atomic E-state index is 11.4. The summed E-state index contributed by atoms with van der Waals surface area (Å²) >= 11 is 19.0. The first-order valence-electron chi connectivity index (χ1n) is 3.85. The van der Waals surface area contributed by atoms with Crippen LogP contribution in [-0.4, -0.2) is 29.3 Å². The van der Waals surface area contributed by atoms with Gasteiger partial charge in [0.05, 0.1) is 0 Å². The molecule has 0 unspecified atom stereocenters. The summed E-state index contributed by atoms with van der Waals surface area (Å²) in [6.07, 6.45) is 1.46. The van der Waals surface area contributed by atoms with Crippen LogP contribution in [0, 0.1) is 0 Å². The molecule has 2 heterocycles. The Kier molecular flexibility index (Phi) is 2.38. The topological polar surface area (TPSA) is 56.7 Å². The number of thioether (sulfide) groups is 1. The van der Waals surface area contributed by atoms with Crippen LogP contribution < -0.4 is 0 Å². The highest BCUT2D eigenvalue weighted by molar-refractivity contribution is 8.07. The summed E-state index contributed by atoms with van der Waals surface area (Å²) in [5, 5.41) is 0. The number of carbonyl (C=O) groups is 1. The van der Waals surface area contributed by atoms with E-state index in [1.165, 1.54) is 11.1 Å². The van der Waals surface area contributed by atoms with E-state index in [1.54, 1.807) is 6.92 Å². The summed E-state index contributed by atoms with van der Waals surface area (Å²) in [6.45, 7) is 1.69. The van der Waals surface area contributed by atoms with Gasteiger partial charge in [-0.3, -0.25) is 9.69 Å². The van der Waals surface area contributed by atoms with Gasteiger partial charge in [0.1, 0.15) is 0 Å². The third kappa shape index (κ3) is 1.35. The van der Waals surface area contributed by atoms with Crippen molar-refractivity contribution in [2.45, 2.75) is 14.9 Å². The van der Waals surface area contributed by atoms with E-state index in [4.69, 9.17) is 40.3 Å². The van der Waals surface area contributed by atoms with E-state index in [-0.39, 0.29) is 5.71 Å². The average Bonchev–Trinajstić information content (AvgIpc) is 2.11. The van der Waals surface area contributed by atoms with Gasteiger partial charge in [0.25, 0.3) is 4.33 Å². The Hall–Kier alpha value is -0.190.